The molecule has 1 aromatic rings. The molecule has 1 aliphatic heterocycles. The number of nitrogens with zero attached hydrogens (tertiary/aromatic N) is 3. The Morgan fingerprint density at radius 2 is 2.04 bits per heavy atom. The van der Waals surface area contributed by atoms with Crippen molar-refractivity contribution in [3.05, 3.63) is 30.3 Å². The monoisotopic (exact) mass is 317 g/mol. The van der Waals surface area contributed by atoms with Crippen molar-refractivity contribution in [1.82, 2.24) is 0 Å². The lowest BCUT2D eigenvalue weighted by Crippen LogP contribution is -2.47. The van der Waals surface area contributed by atoms with Gasteiger partial charge in [-0.1, -0.05) is 30.3 Å². The van der Waals surface area contributed by atoms with E-state index in [0.717, 1.165) is 0 Å². The van der Waals surface area contributed by atoms with Crippen molar-refractivity contribution in [2.45, 2.75) is 39.2 Å². The molecule has 0 radical (unpaired) electrons. The van der Waals surface area contributed by atoms with Gasteiger partial charge in [0.05, 0.1) is 17.1 Å². The number of aliphatic hydroxyl groups is 1. The zero-order chi connectivity index (χ0) is 17.0. The van der Waals surface area contributed by atoms with Gasteiger partial charge < -0.3 is 9.94 Å². The maximum Gasteiger partial charge on any atom is 0.334 e. The summed E-state index contributed by atoms with van der Waals surface area (Å²) in [6.07, 6.45) is 0.101. The van der Waals surface area contributed by atoms with E-state index < -0.39 is 17.5 Å². The van der Waals surface area contributed by atoms with Crippen LogP contribution in [0, 0.1) is 0 Å². The molecule has 1 amide bonds. The molecule has 0 saturated carbocycles. The molecule has 1 unspecified atom stereocenters. The Kier molecular flexibility index (Phi) is 4.90. The maximum absolute atomic E-state index is 12.6. The first-order valence-electron chi connectivity index (χ1n) is 7.29. The van der Waals surface area contributed by atoms with Gasteiger partial charge >= 0.3 is 5.97 Å². The molecule has 0 saturated heterocycles. The summed E-state index contributed by atoms with van der Waals surface area (Å²) in [4.78, 5) is 28.3. The van der Waals surface area contributed by atoms with Gasteiger partial charge in [-0.15, -0.1) is 0 Å². The van der Waals surface area contributed by atoms with E-state index in [-0.39, 0.29) is 18.6 Å². The Labute approximate surface area is 134 Å². The van der Waals surface area contributed by atoms with E-state index in [4.69, 9.17) is 0 Å². The van der Waals surface area contributed by atoms with Gasteiger partial charge in [0.1, 0.15) is 0 Å². The van der Waals surface area contributed by atoms with Crippen LogP contribution in [-0.2, 0) is 14.4 Å². The lowest BCUT2D eigenvalue weighted by molar-refractivity contribution is -0.143. The van der Waals surface area contributed by atoms with Gasteiger partial charge in [-0.2, -0.15) is 10.1 Å². The van der Waals surface area contributed by atoms with E-state index in [9.17, 15) is 14.7 Å². The highest BCUT2D eigenvalue weighted by atomic mass is 16.7. The number of para-hydroxylation sites is 1. The third-order valence-corrected chi connectivity index (χ3v) is 3.50. The number of hydrogen-bond donors (Lipinski definition) is 1. The number of hydrazone groups is 1. The molecule has 0 spiro atoms. The zero-order valence-electron chi connectivity index (χ0n) is 13.3. The molecular weight excluding hydrogens is 298 g/mol. The maximum atomic E-state index is 12.6. The fourth-order valence-electron chi connectivity index (χ4n) is 2.15. The summed E-state index contributed by atoms with van der Waals surface area (Å²) in [5.41, 5.74) is -0.628. The van der Waals surface area contributed by atoms with Crippen LogP contribution < -0.4 is 5.01 Å². The number of rotatable bonds is 5. The van der Waals surface area contributed by atoms with Crippen molar-refractivity contribution >= 4 is 29.0 Å². The van der Waals surface area contributed by atoms with Crippen molar-refractivity contribution in [1.29, 1.82) is 0 Å². The van der Waals surface area contributed by atoms with Crippen molar-refractivity contribution in [3.8, 4) is 0 Å². The summed E-state index contributed by atoms with van der Waals surface area (Å²) >= 11 is 0. The summed E-state index contributed by atoms with van der Waals surface area (Å²) in [6, 6.07) is 8.84. The number of amides is 1. The van der Waals surface area contributed by atoms with Gasteiger partial charge in [-0.25, -0.2) is 4.79 Å². The molecule has 7 heteroatoms. The Morgan fingerprint density at radius 1 is 1.39 bits per heavy atom. The predicted molar refractivity (Wildman–Crippen MR) is 86.1 cm³/mol. The van der Waals surface area contributed by atoms with Crippen molar-refractivity contribution in [3.63, 3.8) is 0 Å². The molecule has 7 nitrogen and oxygen atoms in total. The van der Waals surface area contributed by atoms with Crippen LogP contribution in [0.4, 0.5) is 5.69 Å². The minimum atomic E-state index is -1.79. The second kappa shape index (κ2) is 6.70. The molecular formula is C16H19N3O4. The zero-order valence-corrected chi connectivity index (χ0v) is 13.3. The Hall–Kier alpha value is -2.54. The fourth-order valence-corrected chi connectivity index (χ4v) is 2.15. The highest BCUT2D eigenvalue weighted by molar-refractivity contribution is 6.22. The quantitative estimate of drug-likeness (QED) is 0.510. The topological polar surface area (TPSA) is 91.6 Å². The lowest BCUT2D eigenvalue weighted by atomic mass is 9.92. The molecule has 1 N–H and O–H groups in total. The number of oxime groups is 1. The summed E-state index contributed by atoms with van der Waals surface area (Å²) < 4.78 is 0. The Balaban J connectivity index is 2.17. The smallest absolute Gasteiger partial charge is 0.334 e. The van der Waals surface area contributed by atoms with Gasteiger partial charge in [-0.05, 0) is 26.0 Å². The first kappa shape index (κ1) is 16.8. The van der Waals surface area contributed by atoms with Crippen LogP contribution in [0.5, 0.6) is 0 Å². The van der Waals surface area contributed by atoms with Crippen molar-refractivity contribution < 1.29 is 19.5 Å². The molecule has 122 valence electrons. The van der Waals surface area contributed by atoms with Gasteiger partial charge in [0.25, 0.3) is 5.91 Å². The summed E-state index contributed by atoms with van der Waals surface area (Å²) in [6.45, 7) is 4.80. The van der Waals surface area contributed by atoms with E-state index in [2.05, 4.69) is 15.1 Å². The second-order valence-electron chi connectivity index (χ2n) is 5.32. The molecule has 1 heterocycles. The van der Waals surface area contributed by atoms with E-state index in [0.29, 0.717) is 11.4 Å². The number of anilines is 1. The highest BCUT2D eigenvalue weighted by Gasteiger charge is 2.48. The van der Waals surface area contributed by atoms with Crippen LogP contribution in [0.15, 0.2) is 40.6 Å². The summed E-state index contributed by atoms with van der Waals surface area (Å²) in [5.74, 6) is -1.04. The summed E-state index contributed by atoms with van der Waals surface area (Å²) in [7, 11) is 0. The van der Waals surface area contributed by atoms with Crippen LogP contribution in [0.2, 0.25) is 0 Å². The molecule has 23 heavy (non-hydrogen) atoms. The predicted octanol–water partition coefficient (Wildman–Crippen LogP) is 1.86. The molecule has 0 aromatic heterocycles. The first-order valence-corrected chi connectivity index (χ1v) is 7.29. The van der Waals surface area contributed by atoms with Gasteiger partial charge in [0, 0.05) is 12.8 Å². The largest absolute Gasteiger partial charge is 0.374 e. The summed E-state index contributed by atoms with van der Waals surface area (Å²) in [5, 5.41) is 19.7. The molecule has 1 aromatic carbocycles. The molecule has 1 aliphatic rings. The average Bonchev–Trinajstić information content (AvgIpc) is 2.77. The van der Waals surface area contributed by atoms with Crippen molar-refractivity contribution in [2.24, 2.45) is 10.3 Å². The van der Waals surface area contributed by atoms with Gasteiger partial charge in [-0.3, -0.25) is 4.79 Å². The Bertz CT molecular complexity index is 669. The van der Waals surface area contributed by atoms with E-state index in [1.165, 1.54) is 5.01 Å². The van der Waals surface area contributed by atoms with Crippen molar-refractivity contribution in [2.75, 3.05) is 5.01 Å². The van der Waals surface area contributed by atoms with Crippen LogP contribution >= 0.6 is 0 Å². The molecule has 2 rings (SSSR count). The third kappa shape index (κ3) is 3.45. The highest BCUT2D eigenvalue weighted by Crippen LogP contribution is 2.29. The second-order valence-corrected chi connectivity index (χ2v) is 5.32. The molecule has 1 atom stereocenters. The number of benzene rings is 1. The van der Waals surface area contributed by atoms with Crippen LogP contribution in [0.3, 0.4) is 0 Å². The third-order valence-electron chi connectivity index (χ3n) is 3.50. The lowest BCUT2D eigenvalue weighted by Gasteiger charge is -2.21. The molecule has 0 bridgehead atoms. The van der Waals surface area contributed by atoms with Crippen LogP contribution in [-0.4, -0.2) is 34.0 Å². The molecule has 0 aliphatic carbocycles. The van der Waals surface area contributed by atoms with Crippen LogP contribution in [0.25, 0.3) is 0 Å². The van der Waals surface area contributed by atoms with E-state index in [1.807, 2.05) is 6.07 Å². The number of carbonyl (C=O) groups is 2. The average molecular weight is 317 g/mol. The normalized spacial score (nSPS) is 21.4. The number of hydrogen-bond acceptors (Lipinski definition) is 6. The Morgan fingerprint density at radius 3 is 2.65 bits per heavy atom. The molecule has 0 fully saturated rings. The van der Waals surface area contributed by atoms with E-state index in [1.54, 1.807) is 45.0 Å². The standard InChI is InChI=1S/C16H19N3O4/c1-4-14(20)23-18-11(2)10-16(22)12(3)17-19(15(16)21)13-8-6-5-7-9-13/h5-9,22H,4,10H2,1-3H3/b18-11+. The van der Waals surface area contributed by atoms with E-state index >= 15 is 0 Å². The fraction of sp³-hybridized carbons (Fsp3) is 0.375. The van der Waals surface area contributed by atoms with Gasteiger partial charge in [0.15, 0.2) is 5.60 Å². The van der Waals surface area contributed by atoms with Crippen LogP contribution in [0.1, 0.15) is 33.6 Å². The van der Waals surface area contributed by atoms with Gasteiger partial charge in [0.2, 0.25) is 0 Å². The SMILES string of the molecule is CCC(=O)O/N=C(\C)CC1(O)C(=O)N(c2ccccc2)N=C1C. The number of carbonyl (C=O) groups excluding carboxylic acids is 2. The first-order chi connectivity index (χ1) is 10.9. The minimum Gasteiger partial charge on any atom is -0.374 e. The minimum absolute atomic E-state index is 0.0957.